The summed E-state index contributed by atoms with van der Waals surface area (Å²) in [7, 11) is 1.83. The van der Waals surface area contributed by atoms with Crippen LogP contribution in [0.5, 0.6) is 0 Å². The van der Waals surface area contributed by atoms with E-state index in [1.165, 1.54) is 12.8 Å². The number of nitrogens with zero attached hydrogens (tertiary/aromatic N) is 1. The van der Waals surface area contributed by atoms with Crippen LogP contribution >= 0.6 is 0 Å². The minimum Gasteiger partial charge on any atom is -0.382 e. The van der Waals surface area contributed by atoms with E-state index in [0.717, 1.165) is 23.0 Å². The molecular weight excluding hydrogens is 248 g/mol. The number of anilines is 1. The Balaban J connectivity index is 2.00. The number of para-hydroxylation sites is 1. The van der Waals surface area contributed by atoms with Crippen molar-refractivity contribution in [1.29, 1.82) is 0 Å². The molecule has 106 valence electrons. The van der Waals surface area contributed by atoms with Gasteiger partial charge in [0.05, 0.1) is 5.52 Å². The summed E-state index contributed by atoms with van der Waals surface area (Å²) in [5.74, 6) is 0. The van der Waals surface area contributed by atoms with E-state index >= 15 is 0 Å². The number of aryl methyl sites for hydroxylation is 1. The van der Waals surface area contributed by atoms with Crippen LogP contribution in [0.1, 0.15) is 33.1 Å². The van der Waals surface area contributed by atoms with Crippen LogP contribution in [0.4, 0.5) is 5.69 Å². The maximum Gasteiger partial charge on any atom is 0.252 e. The molecule has 20 heavy (non-hydrogen) atoms. The van der Waals surface area contributed by atoms with E-state index in [9.17, 15) is 4.79 Å². The zero-order valence-electron chi connectivity index (χ0n) is 12.4. The average Bonchev–Trinajstić information content (AvgIpc) is 2.75. The Labute approximate surface area is 119 Å². The zero-order valence-corrected chi connectivity index (χ0v) is 12.4. The Hall–Kier alpha value is -1.77. The number of aromatic nitrogens is 1. The molecule has 1 aliphatic carbocycles. The number of pyridine rings is 1. The molecule has 3 heteroatoms. The van der Waals surface area contributed by atoms with E-state index in [0.29, 0.717) is 11.5 Å². The van der Waals surface area contributed by atoms with Gasteiger partial charge < -0.3 is 9.88 Å². The second kappa shape index (κ2) is 4.65. The number of nitrogens with one attached hydrogen (secondary N) is 1. The maximum atomic E-state index is 12.1. The molecule has 1 aromatic heterocycles. The van der Waals surface area contributed by atoms with Crippen molar-refractivity contribution in [3.63, 3.8) is 0 Å². The van der Waals surface area contributed by atoms with Gasteiger partial charge in [0.25, 0.3) is 5.56 Å². The van der Waals surface area contributed by atoms with Crippen LogP contribution in [-0.2, 0) is 7.05 Å². The third-order valence-electron chi connectivity index (χ3n) is 4.48. The standard InChI is InChI=1S/C17H22N2O/c1-17(2)9-8-12(11-17)18-14-10-16(20)19(3)15-7-5-4-6-13(14)15/h4-7,10,12,18H,8-9,11H2,1-3H3. The van der Waals surface area contributed by atoms with E-state index in [2.05, 4.69) is 25.2 Å². The summed E-state index contributed by atoms with van der Waals surface area (Å²) < 4.78 is 1.71. The minimum atomic E-state index is 0.0449. The highest BCUT2D eigenvalue weighted by Crippen LogP contribution is 2.38. The fourth-order valence-electron chi connectivity index (χ4n) is 3.31. The van der Waals surface area contributed by atoms with Gasteiger partial charge in [-0.3, -0.25) is 4.79 Å². The van der Waals surface area contributed by atoms with Crippen LogP contribution in [0.25, 0.3) is 10.9 Å². The molecule has 0 saturated heterocycles. The van der Waals surface area contributed by atoms with E-state index in [-0.39, 0.29) is 5.56 Å². The van der Waals surface area contributed by atoms with Gasteiger partial charge in [-0.25, -0.2) is 0 Å². The predicted octanol–water partition coefficient (Wildman–Crippen LogP) is 3.53. The molecule has 1 aromatic carbocycles. The molecule has 1 N–H and O–H groups in total. The quantitative estimate of drug-likeness (QED) is 0.905. The first-order valence-electron chi connectivity index (χ1n) is 7.32. The predicted molar refractivity (Wildman–Crippen MR) is 84.2 cm³/mol. The summed E-state index contributed by atoms with van der Waals surface area (Å²) in [5, 5.41) is 4.72. The van der Waals surface area contributed by atoms with Crippen LogP contribution in [-0.4, -0.2) is 10.6 Å². The van der Waals surface area contributed by atoms with Gasteiger partial charge in [0.15, 0.2) is 0 Å². The molecule has 0 amide bonds. The summed E-state index contributed by atoms with van der Waals surface area (Å²) >= 11 is 0. The van der Waals surface area contributed by atoms with Gasteiger partial charge in [-0.15, -0.1) is 0 Å². The first-order valence-corrected chi connectivity index (χ1v) is 7.32. The van der Waals surface area contributed by atoms with Gasteiger partial charge in [0.2, 0.25) is 0 Å². The Morgan fingerprint density at radius 3 is 2.75 bits per heavy atom. The number of hydrogen-bond acceptors (Lipinski definition) is 2. The summed E-state index contributed by atoms with van der Waals surface area (Å²) in [6.07, 6.45) is 3.58. The fraction of sp³-hybridized carbons (Fsp3) is 0.471. The van der Waals surface area contributed by atoms with Gasteiger partial charge in [-0.1, -0.05) is 32.0 Å². The number of rotatable bonds is 2. The molecule has 1 unspecified atom stereocenters. The van der Waals surface area contributed by atoms with E-state index < -0.39 is 0 Å². The molecular formula is C17H22N2O. The largest absolute Gasteiger partial charge is 0.382 e. The Bertz CT molecular complexity index is 700. The van der Waals surface area contributed by atoms with Gasteiger partial charge in [0.1, 0.15) is 0 Å². The molecule has 2 aromatic rings. The third-order valence-corrected chi connectivity index (χ3v) is 4.48. The Morgan fingerprint density at radius 2 is 2.05 bits per heavy atom. The van der Waals surface area contributed by atoms with Crippen molar-refractivity contribution in [3.8, 4) is 0 Å². The molecule has 0 spiro atoms. The number of benzene rings is 1. The van der Waals surface area contributed by atoms with Crippen molar-refractivity contribution < 1.29 is 0 Å². The first-order chi connectivity index (χ1) is 9.46. The van der Waals surface area contributed by atoms with E-state index in [1.807, 2.05) is 25.2 Å². The number of hydrogen-bond donors (Lipinski definition) is 1. The molecule has 1 atom stereocenters. The summed E-state index contributed by atoms with van der Waals surface area (Å²) in [5.41, 5.74) is 2.42. The summed E-state index contributed by atoms with van der Waals surface area (Å²) in [4.78, 5) is 12.1. The van der Waals surface area contributed by atoms with E-state index in [4.69, 9.17) is 0 Å². The van der Waals surface area contributed by atoms with Crippen molar-refractivity contribution in [1.82, 2.24) is 4.57 Å². The van der Waals surface area contributed by atoms with Gasteiger partial charge in [0, 0.05) is 30.2 Å². The topological polar surface area (TPSA) is 34.0 Å². The lowest BCUT2D eigenvalue weighted by molar-refractivity contribution is 0.378. The molecule has 1 aliphatic rings. The second-order valence-electron chi connectivity index (χ2n) is 6.72. The highest BCUT2D eigenvalue weighted by molar-refractivity contribution is 5.91. The Kier molecular flexibility index (Phi) is 3.08. The monoisotopic (exact) mass is 270 g/mol. The molecule has 0 radical (unpaired) electrons. The minimum absolute atomic E-state index is 0.0449. The molecule has 1 fully saturated rings. The SMILES string of the molecule is Cn1c(=O)cc(NC2CCC(C)(C)C2)c2ccccc21. The zero-order chi connectivity index (χ0) is 14.3. The van der Waals surface area contributed by atoms with Crippen LogP contribution in [0.2, 0.25) is 0 Å². The molecule has 1 saturated carbocycles. The summed E-state index contributed by atoms with van der Waals surface area (Å²) in [6, 6.07) is 10.3. The second-order valence-corrected chi connectivity index (χ2v) is 6.72. The molecule has 1 heterocycles. The summed E-state index contributed by atoms with van der Waals surface area (Å²) in [6.45, 7) is 4.63. The van der Waals surface area contributed by atoms with Gasteiger partial charge in [-0.05, 0) is 30.7 Å². The first kappa shape index (κ1) is 13.2. The Morgan fingerprint density at radius 1 is 1.30 bits per heavy atom. The highest BCUT2D eigenvalue weighted by atomic mass is 16.1. The normalized spacial score (nSPS) is 21.2. The lowest BCUT2D eigenvalue weighted by Crippen LogP contribution is -2.22. The number of fused-ring (bicyclic) bond motifs is 1. The molecule has 0 aliphatic heterocycles. The average molecular weight is 270 g/mol. The van der Waals surface area contributed by atoms with Crippen LogP contribution < -0.4 is 10.9 Å². The van der Waals surface area contributed by atoms with Crippen LogP contribution in [0.15, 0.2) is 35.1 Å². The van der Waals surface area contributed by atoms with Crippen LogP contribution in [0.3, 0.4) is 0 Å². The fourth-order valence-corrected chi connectivity index (χ4v) is 3.31. The van der Waals surface area contributed by atoms with Crippen molar-refractivity contribution in [2.75, 3.05) is 5.32 Å². The lowest BCUT2D eigenvalue weighted by atomic mass is 9.92. The third kappa shape index (κ3) is 2.33. The van der Waals surface area contributed by atoms with Gasteiger partial charge in [-0.2, -0.15) is 0 Å². The smallest absolute Gasteiger partial charge is 0.252 e. The van der Waals surface area contributed by atoms with E-state index in [1.54, 1.807) is 10.6 Å². The molecule has 0 bridgehead atoms. The highest BCUT2D eigenvalue weighted by Gasteiger charge is 2.31. The maximum absolute atomic E-state index is 12.1. The van der Waals surface area contributed by atoms with Crippen LogP contribution in [0, 0.1) is 5.41 Å². The lowest BCUT2D eigenvalue weighted by Gasteiger charge is -2.20. The van der Waals surface area contributed by atoms with Crippen molar-refractivity contribution in [2.45, 2.75) is 39.2 Å². The van der Waals surface area contributed by atoms with Crippen molar-refractivity contribution >= 4 is 16.6 Å². The van der Waals surface area contributed by atoms with Crippen molar-refractivity contribution in [3.05, 3.63) is 40.7 Å². The molecule has 3 rings (SSSR count). The van der Waals surface area contributed by atoms with Gasteiger partial charge >= 0.3 is 0 Å². The molecule has 3 nitrogen and oxygen atoms in total. The van der Waals surface area contributed by atoms with Crippen molar-refractivity contribution in [2.24, 2.45) is 12.5 Å².